The van der Waals surface area contributed by atoms with Crippen LogP contribution < -0.4 is 5.73 Å². The SMILES string of the molecule is CN1CCCC(c2ccnc(CC(C)(C)N)n2)C1. The Morgan fingerprint density at radius 1 is 1.50 bits per heavy atom. The van der Waals surface area contributed by atoms with Gasteiger partial charge in [-0.05, 0) is 46.3 Å². The van der Waals surface area contributed by atoms with E-state index >= 15 is 0 Å². The molecule has 2 N–H and O–H groups in total. The zero-order valence-corrected chi connectivity index (χ0v) is 11.7. The highest BCUT2D eigenvalue weighted by molar-refractivity contribution is 5.11. The molecule has 1 saturated heterocycles. The van der Waals surface area contributed by atoms with Crippen LogP contribution in [0.4, 0.5) is 0 Å². The lowest BCUT2D eigenvalue weighted by atomic mass is 9.94. The van der Waals surface area contributed by atoms with Gasteiger partial charge in [0.2, 0.25) is 0 Å². The van der Waals surface area contributed by atoms with Crippen LogP contribution in [0.25, 0.3) is 0 Å². The molecule has 1 fully saturated rings. The van der Waals surface area contributed by atoms with Crippen molar-refractivity contribution in [2.24, 2.45) is 5.73 Å². The standard InChI is InChI=1S/C14H24N4/c1-14(2,15)9-13-16-7-6-12(17-13)11-5-4-8-18(3)10-11/h6-7,11H,4-5,8-10,15H2,1-3H3. The van der Waals surface area contributed by atoms with Gasteiger partial charge in [-0.25, -0.2) is 9.97 Å². The molecule has 4 heteroatoms. The summed E-state index contributed by atoms with van der Waals surface area (Å²) >= 11 is 0. The molecule has 0 amide bonds. The average molecular weight is 248 g/mol. The first kappa shape index (κ1) is 13.4. The van der Waals surface area contributed by atoms with Crippen molar-refractivity contribution in [2.75, 3.05) is 20.1 Å². The van der Waals surface area contributed by atoms with Crippen molar-refractivity contribution < 1.29 is 0 Å². The third-order valence-electron chi connectivity index (χ3n) is 3.38. The molecule has 2 rings (SSSR count). The summed E-state index contributed by atoms with van der Waals surface area (Å²) in [6.07, 6.45) is 5.08. The van der Waals surface area contributed by atoms with Crippen LogP contribution in [0.1, 0.15) is 44.1 Å². The van der Waals surface area contributed by atoms with E-state index in [1.807, 2.05) is 20.0 Å². The number of aromatic nitrogens is 2. The highest BCUT2D eigenvalue weighted by atomic mass is 15.1. The van der Waals surface area contributed by atoms with Crippen LogP contribution in [-0.2, 0) is 6.42 Å². The Kier molecular flexibility index (Phi) is 3.97. The van der Waals surface area contributed by atoms with E-state index in [4.69, 9.17) is 10.7 Å². The molecular weight excluding hydrogens is 224 g/mol. The van der Waals surface area contributed by atoms with Crippen molar-refractivity contribution in [1.82, 2.24) is 14.9 Å². The van der Waals surface area contributed by atoms with Gasteiger partial charge < -0.3 is 10.6 Å². The summed E-state index contributed by atoms with van der Waals surface area (Å²) < 4.78 is 0. The maximum Gasteiger partial charge on any atom is 0.130 e. The Bertz CT molecular complexity index is 397. The largest absolute Gasteiger partial charge is 0.325 e. The van der Waals surface area contributed by atoms with Crippen molar-refractivity contribution >= 4 is 0 Å². The van der Waals surface area contributed by atoms with E-state index in [0.29, 0.717) is 5.92 Å². The number of nitrogens with two attached hydrogens (primary N) is 1. The van der Waals surface area contributed by atoms with Crippen LogP contribution in [0.15, 0.2) is 12.3 Å². The summed E-state index contributed by atoms with van der Waals surface area (Å²) in [7, 11) is 2.18. The van der Waals surface area contributed by atoms with Gasteiger partial charge in [0, 0.05) is 36.3 Å². The summed E-state index contributed by atoms with van der Waals surface area (Å²) in [6.45, 7) is 6.32. The minimum atomic E-state index is -0.248. The van der Waals surface area contributed by atoms with E-state index in [1.54, 1.807) is 0 Å². The number of piperidine rings is 1. The highest BCUT2D eigenvalue weighted by Gasteiger charge is 2.21. The number of nitrogens with zero attached hydrogens (tertiary/aromatic N) is 3. The molecule has 2 heterocycles. The first-order chi connectivity index (χ1) is 8.44. The molecule has 1 unspecified atom stereocenters. The molecule has 1 aromatic rings. The molecule has 0 aromatic carbocycles. The van der Waals surface area contributed by atoms with Crippen molar-refractivity contribution in [3.8, 4) is 0 Å². The second kappa shape index (κ2) is 5.33. The minimum absolute atomic E-state index is 0.248. The fourth-order valence-electron chi connectivity index (χ4n) is 2.54. The number of likely N-dealkylation sites (N-methyl/N-ethyl adjacent to an activating group) is 1. The fraction of sp³-hybridized carbons (Fsp3) is 0.714. The van der Waals surface area contributed by atoms with Crippen molar-refractivity contribution in [2.45, 2.75) is 44.6 Å². The Hall–Kier alpha value is -1.00. The number of rotatable bonds is 3. The third kappa shape index (κ3) is 3.75. The molecule has 4 nitrogen and oxygen atoms in total. The highest BCUT2D eigenvalue weighted by Crippen LogP contribution is 2.24. The van der Waals surface area contributed by atoms with Gasteiger partial charge in [0.25, 0.3) is 0 Å². The number of likely N-dealkylation sites (tertiary alicyclic amines) is 1. The quantitative estimate of drug-likeness (QED) is 0.882. The normalized spacial score (nSPS) is 22.1. The summed E-state index contributed by atoms with van der Waals surface area (Å²) in [5.74, 6) is 1.42. The smallest absolute Gasteiger partial charge is 0.130 e. The van der Waals surface area contributed by atoms with Gasteiger partial charge in [0.15, 0.2) is 0 Å². The second-order valence-electron chi connectivity index (χ2n) is 6.16. The Morgan fingerprint density at radius 3 is 2.94 bits per heavy atom. The van der Waals surface area contributed by atoms with Crippen molar-refractivity contribution in [3.05, 3.63) is 23.8 Å². The zero-order chi connectivity index (χ0) is 13.2. The maximum atomic E-state index is 6.03. The monoisotopic (exact) mass is 248 g/mol. The van der Waals surface area contributed by atoms with Gasteiger partial charge in [-0.2, -0.15) is 0 Å². The van der Waals surface area contributed by atoms with Crippen LogP contribution >= 0.6 is 0 Å². The lowest BCUT2D eigenvalue weighted by Crippen LogP contribution is -2.35. The molecule has 0 bridgehead atoms. The molecule has 0 radical (unpaired) electrons. The van der Waals surface area contributed by atoms with E-state index < -0.39 is 0 Å². The Balaban J connectivity index is 2.11. The van der Waals surface area contributed by atoms with Crippen LogP contribution in [-0.4, -0.2) is 40.5 Å². The lowest BCUT2D eigenvalue weighted by Gasteiger charge is -2.29. The molecule has 100 valence electrons. The molecule has 0 aliphatic carbocycles. The Morgan fingerprint density at radius 2 is 2.28 bits per heavy atom. The van der Waals surface area contributed by atoms with E-state index in [-0.39, 0.29) is 5.54 Å². The average Bonchev–Trinajstić information content (AvgIpc) is 2.27. The van der Waals surface area contributed by atoms with Crippen molar-refractivity contribution in [1.29, 1.82) is 0 Å². The van der Waals surface area contributed by atoms with Gasteiger partial charge >= 0.3 is 0 Å². The first-order valence-corrected chi connectivity index (χ1v) is 6.73. The molecule has 0 saturated carbocycles. The fourth-order valence-corrected chi connectivity index (χ4v) is 2.54. The molecule has 18 heavy (non-hydrogen) atoms. The lowest BCUT2D eigenvalue weighted by molar-refractivity contribution is 0.248. The van der Waals surface area contributed by atoms with Crippen LogP contribution in [0.5, 0.6) is 0 Å². The molecule has 1 aliphatic heterocycles. The first-order valence-electron chi connectivity index (χ1n) is 6.73. The molecule has 1 aromatic heterocycles. The minimum Gasteiger partial charge on any atom is -0.325 e. The zero-order valence-electron chi connectivity index (χ0n) is 11.7. The van der Waals surface area contributed by atoms with Gasteiger partial charge in [0.1, 0.15) is 5.82 Å². The molecule has 0 spiro atoms. The molecule has 1 atom stereocenters. The summed E-state index contributed by atoms with van der Waals surface area (Å²) in [5.41, 5.74) is 6.96. The second-order valence-corrected chi connectivity index (χ2v) is 6.16. The maximum absolute atomic E-state index is 6.03. The van der Waals surface area contributed by atoms with E-state index in [9.17, 15) is 0 Å². The van der Waals surface area contributed by atoms with Gasteiger partial charge in [-0.15, -0.1) is 0 Å². The van der Waals surface area contributed by atoms with E-state index in [0.717, 1.165) is 18.8 Å². The summed E-state index contributed by atoms with van der Waals surface area (Å²) in [5, 5.41) is 0. The predicted octanol–water partition coefficient (Wildman–Crippen LogP) is 1.57. The number of hydrogen-bond donors (Lipinski definition) is 1. The topological polar surface area (TPSA) is 55.0 Å². The molecular formula is C14H24N4. The van der Waals surface area contributed by atoms with Gasteiger partial charge in [0.05, 0.1) is 0 Å². The van der Waals surface area contributed by atoms with Gasteiger partial charge in [-0.3, -0.25) is 0 Å². The van der Waals surface area contributed by atoms with Crippen LogP contribution in [0.2, 0.25) is 0 Å². The van der Waals surface area contributed by atoms with Gasteiger partial charge in [-0.1, -0.05) is 0 Å². The Labute approximate surface area is 110 Å². The van der Waals surface area contributed by atoms with E-state index in [2.05, 4.69) is 23.0 Å². The van der Waals surface area contributed by atoms with Crippen LogP contribution in [0.3, 0.4) is 0 Å². The van der Waals surface area contributed by atoms with Crippen molar-refractivity contribution in [3.63, 3.8) is 0 Å². The summed E-state index contributed by atoms with van der Waals surface area (Å²) in [4.78, 5) is 11.4. The number of hydrogen-bond acceptors (Lipinski definition) is 4. The summed E-state index contributed by atoms with van der Waals surface area (Å²) in [6, 6.07) is 2.05. The van der Waals surface area contributed by atoms with E-state index in [1.165, 1.54) is 25.1 Å². The molecule has 1 aliphatic rings. The van der Waals surface area contributed by atoms with Crippen LogP contribution in [0, 0.1) is 0 Å². The third-order valence-corrected chi connectivity index (χ3v) is 3.38. The predicted molar refractivity (Wildman–Crippen MR) is 73.5 cm³/mol.